The number of ether oxygens (including phenoxy) is 1. The van der Waals surface area contributed by atoms with E-state index < -0.39 is 23.4 Å². The van der Waals surface area contributed by atoms with Crippen molar-refractivity contribution >= 4 is 41.5 Å². The van der Waals surface area contributed by atoms with E-state index in [1.54, 1.807) is 19.0 Å². The Labute approximate surface area is 240 Å². The molecular weight excluding hydrogens is 534 g/mol. The van der Waals surface area contributed by atoms with Crippen molar-refractivity contribution in [2.75, 3.05) is 46.2 Å². The van der Waals surface area contributed by atoms with E-state index in [1.165, 1.54) is 26.5 Å². The molecule has 0 aromatic heterocycles. The number of thioether (sulfide) groups is 1. The van der Waals surface area contributed by atoms with Gasteiger partial charge in [-0.1, -0.05) is 20.3 Å². The molecule has 7 amide bonds. The normalized spacial score (nSPS) is 32.4. The summed E-state index contributed by atoms with van der Waals surface area (Å²) in [6.45, 7) is 5.99. The van der Waals surface area contributed by atoms with Crippen LogP contribution in [-0.2, 0) is 19.1 Å². The Morgan fingerprint density at radius 2 is 1.70 bits per heavy atom. The molecule has 0 atom stereocenters. The maximum absolute atomic E-state index is 13.7. The number of nitrogens with one attached hydrogen (secondary N) is 1. The van der Waals surface area contributed by atoms with Crippen LogP contribution < -0.4 is 5.32 Å². The number of urea groups is 2. The van der Waals surface area contributed by atoms with Gasteiger partial charge in [0.1, 0.15) is 11.1 Å². The second kappa shape index (κ2) is 11.0. The Balaban J connectivity index is 1.32. The first-order valence-electron chi connectivity index (χ1n) is 14.5. The van der Waals surface area contributed by atoms with Gasteiger partial charge in [-0.15, -0.1) is 11.8 Å². The summed E-state index contributed by atoms with van der Waals surface area (Å²) in [6.07, 6.45) is 5.45. The molecule has 11 nitrogen and oxygen atoms in total. The molecule has 0 unspecified atom stereocenters. The van der Waals surface area contributed by atoms with Gasteiger partial charge in [-0.2, -0.15) is 0 Å². The highest BCUT2D eigenvalue weighted by Gasteiger charge is 2.68. The summed E-state index contributed by atoms with van der Waals surface area (Å²) in [5.74, 6) is -0.231. The molecule has 220 valence electrons. The Morgan fingerprint density at radius 1 is 1.02 bits per heavy atom. The Kier molecular flexibility index (Phi) is 7.95. The Bertz CT molecular complexity index is 1120. The van der Waals surface area contributed by atoms with Crippen LogP contribution in [-0.4, -0.2) is 107 Å². The van der Waals surface area contributed by atoms with Crippen LogP contribution in [0, 0.1) is 11.3 Å². The molecule has 3 heterocycles. The molecule has 3 saturated heterocycles. The zero-order chi connectivity index (χ0) is 28.8. The van der Waals surface area contributed by atoms with Crippen LogP contribution in [0.25, 0.3) is 0 Å². The van der Waals surface area contributed by atoms with Crippen LogP contribution in [0.3, 0.4) is 0 Å². The summed E-state index contributed by atoms with van der Waals surface area (Å²) in [5.41, 5.74) is -0.844. The molecular formula is C28H41N5O6S. The van der Waals surface area contributed by atoms with Crippen LogP contribution in [0.1, 0.15) is 65.2 Å². The van der Waals surface area contributed by atoms with Gasteiger partial charge < -0.3 is 15.0 Å². The van der Waals surface area contributed by atoms with Gasteiger partial charge in [0.15, 0.2) is 0 Å². The van der Waals surface area contributed by atoms with E-state index in [4.69, 9.17) is 4.74 Å². The zero-order valence-electron chi connectivity index (χ0n) is 24.0. The lowest BCUT2D eigenvalue weighted by Crippen LogP contribution is -2.66. The van der Waals surface area contributed by atoms with Crippen LogP contribution in [0.2, 0.25) is 0 Å². The first-order valence-corrected chi connectivity index (χ1v) is 15.5. The number of imide groups is 3. The molecule has 3 aliphatic heterocycles. The molecule has 40 heavy (non-hydrogen) atoms. The predicted octanol–water partition coefficient (Wildman–Crippen LogP) is 2.76. The number of hydrogen-bond donors (Lipinski definition) is 1. The van der Waals surface area contributed by atoms with E-state index in [9.17, 15) is 24.0 Å². The van der Waals surface area contributed by atoms with E-state index in [0.29, 0.717) is 62.6 Å². The lowest BCUT2D eigenvalue weighted by Gasteiger charge is -2.59. The summed E-state index contributed by atoms with van der Waals surface area (Å²) in [6, 6.07) is -1.07. The van der Waals surface area contributed by atoms with Crippen molar-refractivity contribution in [3.05, 3.63) is 10.6 Å². The molecule has 2 aliphatic carbocycles. The number of barbiturate groups is 1. The molecule has 0 aromatic rings. The zero-order valence-corrected chi connectivity index (χ0v) is 24.8. The third-order valence-electron chi connectivity index (χ3n) is 9.41. The van der Waals surface area contributed by atoms with Gasteiger partial charge >= 0.3 is 12.1 Å². The molecule has 2 saturated carbocycles. The number of carbonyl (C=O) groups is 5. The molecule has 5 rings (SSSR count). The number of unbranched alkanes of at least 4 members (excludes halogenated alkanes) is 1. The monoisotopic (exact) mass is 575 g/mol. The summed E-state index contributed by atoms with van der Waals surface area (Å²) < 4.78 is 5.30. The fourth-order valence-electron chi connectivity index (χ4n) is 7.23. The maximum Gasteiger partial charge on any atom is 0.334 e. The molecule has 12 heteroatoms. The Morgan fingerprint density at radius 3 is 2.25 bits per heavy atom. The number of nitrogens with zero attached hydrogens (tertiary/aromatic N) is 4. The van der Waals surface area contributed by atoms with Gasteiger partial charge in [-0.25, -0.2) is 9.59 Å². The fraction of sp³-hybridized carbons (Fsp3) is 0.750. The second-order valence-corrected chi connectivity index (χ2v) is 13.2. The van der Waals surface area contributed by atoms with Gasteiger partial charge in [-0.3, -0.25) is 29.1 Å². The van der Waals surface area contributed by atoms with E-state index in [2.05, 4.69) is 5.32 Å². The van der Waals surface area contributed by atoms with Gasteiger partial charge in [0.2, 0.25) is 0 Å². The largest absolute Gasteiger partial charge is 0.382 e. The lowest BCUT2D eigenvalue weighted by molar-refractivity contribution is -0.153. The number of hydrogen-bond acceptors (Lipinski definition) is 8. The minimum Gasteiger partial charge on any atom is -0.382 e. The molecule has 1 N–H and O–H groups in total. The topological polar surface area (TPSA) is 120 Å². The molecule has 5 aliphatic rings. The van der Waals surface area contributed by atoms with Gasteiger partial charge in [-0.05, 0) is 56.1 Å². The van der Waals surface area contributed by atoms with Gasteiger partial charge in [0.05, 0.1) is 18.2 Å². The first kappa shape index (κ1) is 28.9. The predicted molar refractivity (Wildman–Crippen MR) is 149 cm³/mol. The number of carbonyl (C=O) groups excluding carboxylic acids is 5. The SMILES string of the molecule is CCCCN1C(=O)/C(=C(\NC)SCC)C(=O)N(C2CCC3(CC2)CC2(C3)C(=O)N(C)C(=O)N2CC2COC2)C1=O. The number of rotatable bonds is 9. The van der Waals surface area contributed by atoms with Crippen LogP contribution in [0.15, 0.2) is 10.6 Å². The summed E-state index contributed by atoms with van der Waals surface area (Å²) in [5, 5.41) is 3.50. The summed E-state index contributed by atoms with van der Waals surface area (Å²) in [4.78, 5) is 72.4. The molecule has 0 bridgehead atoms. The van der Waals surface area contributed by atoms with Gasteiger partial charge in [0.25, 0.3) is 17.7 Å². The van der Waals surface area contributed by atoms with Crippen molar-refractivity contribution < 1.29 is 28.7 Å². The minimum atomic E-state index is -0.788. The van der Waals surface area contributed by atoms with Crippen molar-refractivity contribution in [3.63, 3.8) is 0 Å². The lowest BCUT2D eigenvalue weighted by atomic mass is 9.51. The molecule has 2 spiro atoms. The van der Waals surface area contributed by atoms with Crippen molar-refractivity contribution in [2.45, 2.75) is 76.8 Å². The van der Waals surface area contributed by atoms with E-state index in [1.807, 2.05) is 13.8 Å². The van der Waals surface area contributed by atoms with E-state index >= 15 is 0 Å². The molecule has 0 aromatic carbocycles. The Hall–Kier alpha value is -2.60. The van der Waals surface area contributed by atoms with Crippen LogP contribution in [0.4, 0.5) is 9.59 Å². The minimum absolute atomic E-state index is 0.0432. The highest BCUT2D eigenvalue weighted by atomic mass is 32.2. The highest BCUT2D eigenvalue weighted by molar-refractivity contribution is 8.03. The van der Waals surface area contributed by atoms with Crippen molar-refractivity contribution in [3.8, 4) is 0 Å². The van der Waals surface area contributed by atoms with Gasteiger partial charge in [0, 0.05) is 39.1 Å². The number of likely N-dealkylation sites (N-methyl/N-ethyl adjacent to an activating group) is 1. The molecule has 5 fully saturated rings. The average molecular weight is 576 g/mol. The van der Waals surface area contributed by atoms with E-state index in [0.717, 1.165) is 19.3 Å². The van der Waals surface area contributed by atoms with Crippen molar-refractivity contribution in [2.24, 2.45) is 11.3 Å². The highest BCUT2D eigenvalue weighted by Crippen LogP contribution is 2.61. The average Bonchev–Trinajstić information content (AvgIpc) is 3.07. The smallest absolute Gasteiger partial charge is 0.334 e. The third kappa shape index (κ3) is 4.51. The van der Waals surface area contributed by atoms with Crippen molar-refractivity contribution in [1.82, 2.24) is 24.9 Å². The van der Waals surface area contributed by atoms with Crippen molar-refractivity contribution in [1.29, 1.82) is 0 Å². The maximum atomic E-state index is 13.7. The summed E-state index contributed by atoms with van der Waals surface area (Å²) >= 11 is 1.39. The third-order valence-corrected chi connectivity index (χ3v) is 10.4. The summed E-state index contributed by atoms with van der Waals surface area (Å²) in [7, 11) is 3.25. The standard InChI is InChI=1S/C28H41N5O6S/c1-5-7-12-31-22(34)20(21(29-3)40-6-2)23(35)33(26(31)38)19-8-10-27(11-9-19)16-28(17-27)24(36)30(4)25(37)32(28)13-18-14-39-15-18/h18-19,29H,5-17H2,1-4H3/b21-20-. The van der Waals surface area contributed by atoms with E-state index in [-0.39, 0.29) is 41.4 Å². The quantitative estimate of drug-likeness (QED) is 0.253. The van der Waals surface area contributed by atoms with Crippen LogP contribution in [0.5, 0.6) is 0 Å². The molecule has 0 radical (unpaired) electrons. The first-order chi connectivity index (χ1) is 19.1. The fourth-order valence-corrected chi connectivity index (χ4v) is 7.98. The number of amides is 7. The second-order valence-electron chi connectivity index (χ2n) is 11.9. The van der Waals surface area contributed by atoms with Crippen LogP contribution >= 0.6 is 11.8 Å².